The summed E-state index contributed by atoms with van der Waals surface area (Å²) in [7, 11) is 1.60. The van der Waals surface area contributed by atoms with Crippen molar-refractivity contribution >= 4 is 11.8 Å². The number of carbonyl (C=O) groups excluding carboxylic acids is 2. The van der Waals surface area contributed by atoms with Crippen LogP contribution in [-0.4, -0.2) is 42.6 Å². The second-order valence-electron chi connectivity index (χ2n) is 7.07. The number of unbranched alkanes of at least 4 members (excludes halogenated alkanes) is 1. The minimum atomic E-state index is -0.631. The lowest BCUT2D eigenvalue weighted by Gasteiger charge is -2.29. The second kappa shape index (κ2) is 9.91. The molecular weight excluding hydrogens is 370 g/mol. The number of piperazine rings is 1. The molecule has 1 aliphatic rings. The minimum absolute atomic E-state index is 0.190. The van der Waals surface area contributed by atoms with Gasteiger partial charge in [0.1, 0.15) is 23.6 Å². The lowest BCUT2D eigenvalue weighted by atomic mass is 10.00. The Kier molecular flexibility index (Phi) is 7.05. The maximum absolute atomic E-state index is 12.5. The van der Waals surface area contributed by atoms with Crippen LogP contribution in [0.3, 0.4) is 0 Å². The van der Waals surface area contributed by atoms with Gasteiger partial charge in [-0.25, -0.2) is 0 Å². The van der Waals surface area contributed by atoms with Gasteiger partial charge in [-0.2, -0.15) is 0 Å². The summed E-state index contributed by atoms with van der Waals surface area (Å²) < 4.78 is 10.7. The monoisotopic (exact) mass is 397 g/mol. The number of aromatic nitrogens is 1. The largest absolute Gasteiger partial charge is 0.497 e. The van der Waals surface area contributed by atoms with Crippen molar-refractivity contribution in [2.75, 3.05) is 13.7 Å². The fraction of sp³-hybridized carbons (Fsp3) is 0.409. The first kappa shape index (κ1) is 20.6. The minimum Gasteiger partial charge on any atom is -0.497 e. The quantitative estimate of drug-likeness (QED) is 0.632. The van der Waals surface area contributed by atoms with E-state index in [0.29, 0.717) is 25.2 Å². The zero-order valence-electron chi connectivity index (χ0n) is 16.8. The molecule has 0 aliphatic carbocycles. The summed E-state index contributed by atoms with van der Waals surface area (Å²) in [5.41, 5.74) is 1.67. The van der Waals surface area contributed by atoms with E-state index >= 15 is 0 Å². The Labute approximate surface area is 170 Å². The first-order valence-electron chi connectivity index (χ1n) is 9.90. The zero-order chi connectivity index (χ0) is 20.6. The van der Waals surface area contributed by atoms with E-state index in [2.05, 4.69) is 22.5 Å². The molecule has 1 fully saturated rings. The summed E-state index contributed by atoms with van der Waals surface area (Å²) in [5.74, 6) is 1.07. The van der Waals surface area contributed by atoms with Crippen LogP contribution in [0, 0.1) is 0 Å². The van der Waals surface area contributed by atoms with Gasteiger partial charge in [0, 0.05) is 18.5 Å². The van der Waals surface area contributed by atoms with Gasteiger partial charge in [-0.3, -0.25) is 14.6 Å². The number of rotatable bonds is 9. The third-order valence-corrected chi connectivity index (χ3v) is 4.84. The van der Waals surface area contributed by atoms with Crippen LogP contribution >= 0.6 is 0 Å². The lowest BCUT2D eigenvalue weighted by molar-refractivity contribution is -0.136. The van der Waals surface area contributed by atoms with Crippen LogP contribution in [0.5, 0.6) is 11.5 Å². The van der Waals surface area contributed by atoms with E-state index in [1.807, 2.05) is 36.4 Å². The molecule has 3 rings (SSSR count). The van der Waals surface area contributed by atoms with Gasteiger partial charge in [0.2, 0.25) is 11.8 Å². The normalized spacial score (nSPS) is 18.7. The summed E-state index contributed by atoms with van der Waals surface area (Å²) in [4.78, 5) is 29.3. The van der Waals surface area contributed by atoms with Gasteiger partial charge in [-0.15, -0.1) is 0 Å². The van der Waals surface area contributed by atoms with E-state index in [1.165, 1.54) is 0 Å². The summed E-state index contributed by atoms with van der Waals surface area (Å²) in [6.45, 7) is 2.77. The SMILES string of the molecule is CCCCOc1ccc(CC2NC(=O)C(Cc3ccc(OC)cc3)NC2=O)nc1. The maximum atomic E-state index is 12.5. The van der Waals surface area contributed by atoms with Crippen molar-refractivity contribution in [3.8, 4) is 11.5 Å². The number of carbonyl (C=O) groups is 2. The number of methoxy groups -OCH3 is 1. The van der Waals surface area contributed by atoms with Gasteiger partial charge in [0.05, 0.1) is 19.9 Å². The van der Waals surface area contributed by atoms with E-state index in [0.717, 1.165) is 29.8 Å². The highest BCUT2D eigenvalue weighted by Crippen LogP contribution is 2.15. The van der Waals surface area contributed by atoms with Gasteiger partial charge >= 0.3 is 0 Å². The van der Waals surface area contributed by atoms with Crippen molar-refractivity contribution in [3.63, 3.8) is 0 Å². The second-order valence-corrected chi connectivity index (χ2v) is 7.07. The maximum Gasteiger partial charge on any atom is 0.243 e. The first-order chi connectivity index (χ1) is 14.1. The van der Waals surface area contributed by atoms with Crippen molar-refractivity contribution in [1.82, 2.24) is 15.6 Å². The van der Waals surface area contributed by atoms with Crippen LogP contribution in [0.1, 0.15) is 31.0 Å². The Morgan fingerprint density at radius 3 is 2.17 bits per heavy atom. The average Bonchev–Trinajstić information content (AvgIpc) is 2.73. The highest BCUT2D eigenvalue weighted by Gasteiger charge is 2.33. The number of pyridine rings is 1. The molecular formula is C22H27N3O4. The van der Waals surface area contributed by atoms with Crippen LogP contribution in [0.25, 0.3) is 0 Å². The molecule has 0 radical (unpaired) electrons. The molecule has 0 saturated carbocycles. The van der Waals surface area contributed by atoms with Crippen LogP contribution in [0.2, 0.25) is 0 Å². The van der Waals surface area contributed by atoms with Crippen LogP contribution in [0.4, 0.5) is 0 Å². The molecule has 2 N–H and O–H groups in total. The van der Waals surface area contributed by atoms with E-state index in [4.69, 9.17) is 9.47 Å². The third kappa shape index (κ3) is 5.70. The molecule has 2 unspecified atom stereocenters. The molecule has 0 bridgehead atoms. The van der Waals surface area contributed by atoms with Gasteiger partial charge in [0.25, 0.3) is 0 Å². The predicted molar refractivity (Wildman–Crippen MR) is 109 cm³/mol. The van der Waals surface area contributed by atoms with Crippen LogP contribution < -0.4 is 20.1 Å². The summed E-state index contributed by atoms with van der Waals surface area (Å²) in [6, 6.07) is 9.89. The fourth-order valence-electron chi connectivity index (χ4n) is 3.12. The molecule has 1 aromatic heterocycles. The van der Waals surface area contributed by atoms with E-state index in [-0.39, 0.29) is 11.8 Å². The Hall–Kier alpha value is -3.09. The first-order valence-corrected chi connectivity index (χ1v) is 9.90. The summed E-state index contributed by atoms with van der Waals surface area (Å²) in [5, 5.41) is 5.64. The molecule has 29 heavy (non-hydrogen) atoms. The summed E-state index contributed by atoms with van der Waals surface area (Å²) in [6.07, 6.45) is 4.48. The van der Waals surface area contributed by atoms with Crippen molar-refractivity contribution in [2.45, 2.75) is 44.7 Å². The van der Waals surface area contributed by atoms with Crippen LogP contribution in [-0.2, 0) is 22.4 Å². The van der Waals surface area contributed by atoms with Crippen LogP contribution in [0.15, 0.2) is 42.6 Å². The number of benzene rings is 1. The number of hydrogen-bond acceptors (Lipinski definition) is 5. The molecule has 2 amide bonds. The molecule has 7 heteroatoms. The van der Waals surface area contributed by atoms with E-state index in [1.54, 1.807) is 13.3 Å². The Balaban J connectivity index is 1.54. The van der Waals surface area contributed by atoms with E-state index in [9.17, 15) is 9.59 Å². The molecule has 1 aliphatic heterocycles. The molecule has 7 nitrogen and oxygen atoms in total. The third-order valence-electron chi connectivity index (χ3n) is 4.84. The molecule has 1 saturated heterocycles. The average molecular weight is 397 g/mol. The predicted octanol–water partition coefficient (Wildman–Crippen LogP) is 2.04. The van der Waals surface area contributed by atoms with Gasteiger partial charge in [0.15, 0.2) is 0 Å². The molecule has 1 aromatic carbocycles. The van der Waals surface area contributed by atoms with Crippen molar-refractivity contribution in [2.24, 2.45) is 0 Å². The highest BCUT2D eigenvalue weighted by atomic mass is 16.5. The topological polar surface area (TPSA) is 89.5 Å². The van der Waals surface area contributed by atoms with Gasteiger partial charge < -0.3 is 20.1 Å². The van der Waals surface area contributed by atoms with E-state index < -0.39 is 12.1 Å². The highest BCUT2D eigenvalue weighted by molar-refractivity contribution is 5.97. The molecule has 0 spiro atoms. The van der Waals surface area contributed by atoms with Gasteiger partial charge in [-0.05, 0) is 36.2 Å². The number of amides is 2. The van der Waals surface area contributed by atoms with Crippen molar-refractivity contribution in [1.29, 1.82) is 0 Å². The zero-order valence-corrected chi connectivity index (χ0v) is 16.8. The van der Waals surface area contributed by atoms with Crippen molar-refractivity contribution in [3.05, 3.63) is 53.9 Å². The number of nitrogens with one attached hydrogen (secondary N) is 2. The smallest absolute Gasteiger partial charge is 0.243 e. The Morgan fingerprint density at radius 2 is 1.59 bits per heavy atom. The lowest BCUT2D eigenvalue weighted by Crippen LogP contribution is -2.62. The molecule has 2 atom stereocenters. The summed E-state index contributed by atoms with van der Waals surface area (Å²) >= 11 is 0. The Morgan fingerprint density at radius 1 is 0.931 bits per heavy atom. The molecule has 2 heterocycles. The molecule has 2 aromatic rings. The standard InChI is InChI=1S/C22H27N3O4/c1-3-4-11-29-18-10-7-16(23-14-18)13-20-22(27)24-19(21(26)25-20)12-15-5-8-17(28-2)9-6-15/h5-10,14,19-20H,3-4,11-13H2,1-2H3,(H,24,27)(H,25,26). The Bertz CT molecular complexity index is 821. The fourth-order valence-corrected chi connectivity index (χ4v) is 3.12. The van der Waals surface area contributed by atoms with Crippen molar-refractivity contribution < 1.29 is 19.1 Å². The van der Waals surface area contributed by atoms with Gasteiger partial charge in [-0.1, -0.05) is 25.5 Å². The number of hydrogen-bond donors (Lipinski definition) is 2. The number of ether oxygens (including phenoxy) is 2. The molecule has 154 valence electrons. The number of nitrogens with zero attached hydrogens (tertiary/aromatic N) is 1.